The minimum Gasteiger partial charge on any atom is -0.490 e. The maximum absolute atomic E-state index is 13.8. The molecule has 2 saturated carbocycles. The molecule has 236 valence electrons. The summed E-state index contributed by atoms with van der Waals surface area (Å²) in [6.07, 6.45) is 11.5. The summed E-state index contributed by atoms with van der Waals surface area (Å²) in [4.78, 5) is 16.0. The van der Waals surface area contributed by atoms with Crippen molar-refractivity contribution in [1.29, 1.82) is 0 Å². The molecule has 44 heavy (non-hydrogen) atoms. The molecule has 2 aromatic carbocycles. The number of fused-ring (bicyclic) bond motifs is 4. The molecule has 7 rings (SSSR count). The van der Waals surface area contributed by atoms with Crippen LogP contribution in [0.2, 0.25) is 5.02 Å². The number of anilines is 1. The second kappa shape index (κ2) is 11.7. The fourth-order valence-electron chi connectivity index (χ4n) is 8.57. The number of ether oxygens (including phenoxy) is 1. The molecule has 2 heterocycles. The highest BCUT2D eigenvalue weighted by Gasteiger charge is 2.45. The first kappa shape index (κ1) is 30.1. The Labute approximate surface area is 266 Å². The minimum absolute atomic E-state index is 0.0314. The number of aryl methyl sites for hydroxylation is 1. The van der Waals surface area contributed by atoms with Gasteiger partial charge in [0.1, 0.15) is 5.75 Å². The Morgan fingerprint density at radius 3 is 2.66 bits per heavy atom. The van der Waals surface area contributed by atoms with Gasteiger partial charge in [0.05, 0.1) is 23.6 Å². The van der Waals surface area contributed by atoms with Gasteiger partial charge < -0.3 is 14.7 Å². The maximum atomic E-state index is 13.8. The Kier molecular flexibility index (Phi) is 7.99. The molecule has 0 saturated heterocycles. The summed E-state index contributed by atoms with van der Waals surface area (Å²) < 4.78 is 36.6. The van der Waals surface area contributed by atoms with Crippen LogP contribution in [0, 0.1) is 23.7 Å². The lowest BCUT2D eigenvalue weighted by Gasteiger charge is -2.45. The van der Waals surface area contributed by atoms with Gasteiger partial charge in [0, 0.05) is 29.1 Å². The first-order valence-electron chi connectivity index (χ1n) is 16.3. The number of carbonyl (C=O) groups is 1. The summed E-state index contributed by atoms with van der Waals surface area (Å²) in [6, 6.07) is 11.5. The van der Waals surface area contributed by atoms with E-state index in [1.807, 2.05) is 37.3 Å². The van der Waals surface area contributed by atoms with Gasteiger partial charge in [0.2, 0.25) is 10.0 Å². The number of rotatable bonds is 1. The highest BCUT2D eigenvalue weighted by molar-refractivity contribution is 7.90. The van der Waals surface area contributed by atoms with Crippen LogP contribution < -0.4 is 14.4 Å². The SMILES string of the molecule is C[C@@H]1C/C=C\[C@H](O)[C@@H]2CC[C@H]2CN2C[C@@]3(CCCc4cc(Cl)ccc43)COc3ccc(cc32)C(=O)NS(=O)(=O)[C@@H]1C1CCC1. The number of sulfonamides is 1. The van der Waals surface area contributed by atoms with Crippen LogP contribution in [0.4, 0.5) is 5.69 Å². The second-order valence-corrected chi connectivity index (χ2v) is 16.3. The first-order valence-corrected chi connectivity index (χ1v) is 18.3. The van der Waals surface area contributed by atoms with E-state index in [0.29, 0.717) is 30.9 Å². The van der Waals surface area contributed by atoms with Crippen LogP contribution in [0.5, 0.6) is 5.75 Å². The molecule has 2 bridgehead atoms. The normalized spacial score (nSPS) is 34.3. The van der Waals surface area contributed by atoms with Crippen molar-refractivity contribution in [2.75, 3.05) is 24.6 Å². The molecule has 0 unspecified atom stereocenters. The van der Waals surface area contributed by atoms with E-state index >= 15 is 0 Å². The van der Waals surface area contributed by atoms with Crippen molar-refractivity contribution < 1.29 is 23.1 Å². The van der Waals surface area contributed by atoms with Crippen molar-refractivity contribution in [3.8, 4) is 5.75 Å². The lowest BCUT2D eigenvalue weighted by Crippen LogP contribution is -2.49. The average molecular weight is 639 g/mol. The summed E-state index contributed by atoms with van der Waals surface area (Å²) in [5, 5.41) is 11.3. The van der Waals surface area contributed by atoms with Gasteiger partial charge in [-0.25, -0.2) is 13.1 Å². The smallest absolute Gasteiger partial charge is 0.264 e. The molecule has 1 spiro atoms. The lowest BCUT2D eigenvalue weighted by molar-refractivity contribution is 0.0455. The molecule has 5 aliphatic rings. The number of nitrogens with one attached hydrogen (secondary N) is 1. The summed E-state index contributed by atoms with van der Waals surface area (Å²) in [6.45, 7) is 3.88. The second-order valence-electron chi connectivity index (χ2n) is 14.1. The molecule has 7 nitrogen and oxygen atoms in total. The standard InChI is InChI=1S/C35H43ClN2O5S/c1-22-5-2-9-31(39)28-13-10-26(28)19-38-20-35(16-4-8-24-17-27(36)12-14-29(24)35)21-43-32-15-11-25(18-30(32)38)34(40)37-44(41,42)33(22)23-6-3-7-23/h2,9,11-12,14-15,17-18,22-23,26,28,31,33,39H,3-8,10,13,16,19-21H2,1H3,(H,37,40)/b9-2-/t22-,26+,28-,31+,33+,35+/m1/s1. The van der Waals surface area contributed by atoms with Crippen molar-refractivity contribution in [3.05, 3.63) is 70.3 Å². The summed E-state index contributed by atoms with van der Waals surface area (Å²) in [5.74, 6) is 0.370. The third-order valence-corrected chi connectivity index (χ3v) is 13.6. The summed E-state index contributed by atoms with van der Waals surface area (Å²) >= 11 is 6.41. The molecule has 6 atom stereocenters. The predicted octanol–water partition coefficient (Wildman–Crippen LogP) is 6.02. The fourth-order valence-corrected chi connectivity index (χ4v) is 10.8. The molecule has 9 heteroatoms. The van der Waals surface area contributed by atoms with Crippen LogP contribution in [0.15, 0.2) is 48.6 Å². The van der Waals surface area contributed by atoms with Crippen LogP contribution in [0.3, 0.4) is 0 Å². The quantitative estimate of drug-likeness (QED) is 0.371. The van der Waals surface area contributed by atoms with Gasteiger partial charge in [-0.05, 0) is 116 Å². The zero-order valence-electron chi connectivity index (χ0n) is 25.4. The van der Waals surface area contributed by atoms with Gasteiger partial charge in [-0.2, -0.15) is 0 Å². The van der Waals surface area contributed by atoms with E-state index in [1.165, 1.54) is 11.1 Å². The van der Waals surface area contributed by atoms with Crippen LogP contribution in [-0.4, -0.2) is 50.5 Å². The number of hydrogen-bond donors (Lipinski definition) is 2. The van der Waals surface area contributed by atoms with Crippen LogP contribution in [0.1, 0.15) is 79.8 Å². The first-order chi connectivity index (χ1) is 21.1. The van der Waals surface area contributed by atoms with Gasteiger partial charge in [-0.1, -0.05) is 43.2 Å². The summed E-state index contributed by atoms with van der Waals surface area (Å²) in [5.41, 5.74) is 3.38. The molecular formula is C35H43ClN2O5S. The van der Waals surface area contributed by atoms with E-state index in [2.05, 4.69) is 21.8 Å². The van der Waals surface area contributed by atoms with Gasteiger partial charge in [0.25, 0.3) is 5.91 Å². The Balaban J connectivity index is 1.29. The molecule has 2 aromatic rings. The number of halogens is 1. The molecule has 1 amide bonds. The van der Waals surface area contributed by atoms with Crippen molar-refractivity contribution in [2.24, 2.45) is 23.7 Å². The average Bonchev–Trinajstić information content (AvgIpc) is 3.09. The summed E-state index contributed by atoms with van der Waals surface area (Å²) in [7, 11) is -3.93. The number of nitrogens with zero attached hydrogens (tertiary/aromatic N) is 1. The number of benzene rings is 2. The lowest BCUT2D eigenvalue weighted by atomic mass is 9.68. The Morgan fingerprint density at radius 2 is 1.91 bits per heavy atom. The number of amides is 1. The maximum Gasteiger partial charge on any atom is 0.264 e. The number of carbonyl (C=O) groups excluding carboxylic acids is 1. The van der Waals surface area contributed by atoms with E-state index in [4.69, 9.17) is 16.3 Å². The fraction of sp³-hybridized carbons (Fsp3) is 0.571. The third kappa shape index (κ3) is 5.45. The molecule has 0 radical (unpaired) electrons. The monoisotopic (exact) mass is 638 g/mol. The largest absolute Gasteiger partial charge is 0.490 e. The molecule has 2 fully saturated rings. The zero-order chi connectivity index (χ0) is 30.6. The number of aliphatic hydroxyl groups excluding tert-OH is 1. The Bertz CT molecular complexity index is 1570. The Hall–Kier alpha value is -2.55. The number of allylic oxidation sites excluding steroid dienone is 1. The van der Waals surface area contributed by atoms with Crippen molar-refractivity contribution >= 4 is 33.2 Å². The van der Waals surface area contributed by atoms with Gasteiger partial charge >= 0.3 is 0 Å². The van der Waals surface area contributed by atoms with Gasteiger partial charge in [-0.3, -0.25) is 4.79 Å². The van der Waals surface area contributed by atoms with E-state index in [1.54, 1.807) is 6.07 Å². The highest BCUT2D eigenvalue weighted by atomic mass is 35.5. The van der Waals surface area contributed by atoms with Gasteiger partial charge in [-0.15, -0.1) is 0 Å². The number of hydrogen-bond acceptors (Lipinski definition) is 6. The Morgan fingerprint density at radius 1 is 1.07 bits per heavy atom. The van der Waals surface area contributed by atoms with Gasteiger partial charge in [0.15, 0.2) is 0 Å². The zero-order valence-corrected chi connectivity index (χ0v) is 27.0. The molecule has 2 aliphatic heterocycles. The topological polar surface area (TPSA) is 95.9 Å². The van der Waals surface area contributed by atoms with Crippen molar-refractivity contribution in [2.45, 2.75) is 81.5 Å². The van der Waals surface area contributed by atoms with Crippen LogP contribution >= 0.6 is 11.6 Å². The highest BCUT2D eigenvalue weighted by Crippen LogP contribution is 2.47. The van der Waals surface area contributed by atoms with E-state index in [0.717, 1.165) is 68.6 Å². The number of aliphatic hydroxyl groups is 1. The van der Waals surface area contributed by atoms with Crippen molar-refractivity contribution in [1.82, 2.24) is 4.72 Å². The van der Waals surface area contributed by atoms with Crippen LogP contribution in [-0.2, 0) is 21.9 Å². The molecule has 0 aromatic heterocycles. The van der Waals surface area contributed by atoms with Crippen LogP contribution in [0.25, 0.3) is 0 Å². The van der Waals surface area contributed by atoms with E-state index < -0.39 is 27.3 Å². The molecular weight excluding hydrogens is 596 g/mol. The minimum atomic E-state index is -3.93. The predicted molar refractivity (Wildman–Crippen MR) is 173 cm³/mol. The van der Waals surface area contributed by atoms with E-state index in [-0.39, 0.29) is 29.1 Å². The molecule has 2 N–H and O–H groups in total. The third-order valence-electron chi connectivity index (χ3n) is 11.3. The molecule has 3 aliphatic carbocycles. The van der Waals surface area contributed by atoms with E-state index in [9.17, 15) is 18.3 Å². The van der Waals surface area contributed by atoms with Crippen molar-refractivity contribution in [3.63, 3.8) is 0 Å².